The van der Waals surface area contributed by atoms with Crippen molar-refractivity contribution in [3.63, 3.8) is 0 Å². The first-order valence-corrected chi connectivity index (χ1v) is 5.32. The van der Waals surface area contributed by atoms with Crippen molar-refractivity contribution in [2.75, 3.05) is 6.61 Å². The van der Waals surface area contributed by atoms with E-state index in [1.807, 2.05) is 26.0 Å². The van der Waals surface area contributed by atoms with Crippen molar-refractivity contribution in [3.8, 4) is 5.95 Å². The van der Waals surface area contributed by atoms with Gasteiger partial charge in [0.1, 0.15) is 5.58 Å². The van der Waals surface area contributed by atoms with Crippen LogP contribution in [0.2, 0.25) is 0 Å². The van der Waals surface area contributed by atoms with Crippen molar-refractivity contribution < 1.29 is 9.15 Å². The summed E-state index contributed by atoms with van der Waals surface area (Å²) in [6, 6.07) is 8.54. The van der Waals surface area contributed by atoms with Crippen LogP contribution in [-0.2, 0) is 0 Å². The first kappa shape index (κ1) is 10.7. The molecule has 3 nitrogen and oxygen atoms in total. The molecule has 0 amide bonds. The lowest BCUT2D eigenvalue weighted by Gasteiger charge is -2.07. The van der Waals surface area contributed by atoms with Crippen molar-refractivity contribution in [1.29, 1.82) is 0 Å². The van der Waals surface area contributed by atoms with Crippen molar-refractivity contribution >= 4 is 11.0 Å². The first-order chi connectivity index (χ1) is 7.66. The predicted molar refractivity (Wildman–Crippen MR) is 62.8 cm³/mol. The maximum Gasteiger partial charge on any atom is 0.288 e. The number of ether oxygens (including phenoxy) is 1. The summed E-state index contributed by atoms with van der Waals surface area (Å²) in [5, 5.41) is 0.583. The number of para-hydroxylation sites is 1. The second-order valence-corrected chi connectivity index (χ2v) is 4.13. The third-order valence-corrected chi connectivity index (χ3v) is 2.17. The molecule has 0 aliphatic rings. The van der Waals surface area contributed by atoms with Crippen molar-refractivity contribution in [1.82, 2.24) is 0 Å². The van der Waals surface area contributed by atoms with E-state index in [0.717, 1.165) is 0 Å². The summed E-state index contributed by atoms with van der Waals surface area (Å²) in [6.07, 6.45) is 0. The molecule has 0 saturated heterocycles. The molecule has 1 aromatic carbocycles. The summed E-state index contributed by atoms with van der Waals surface area (Å²) in [7, 11) is 0. The minimum absolute atomic E-state index is 0.0689. The van der Waals surface area contributed by atoms with Crippen LogP contribution in [0.3, 0.4) is 0 Å². The minimum atomic E-state index is -0.0689. The van der Waals surface area contributed by atoms with E-state index >= 15 is 0 Å². The fraction of sp³-hybridized carbons (Fsp3) is 0.308. The van der Waals surface area contributed by atoms with Gasteiger partial charge in [-0.25, -0.2) is 0 Å². The molecule has 84 valence electrons. The lowest BCUT2D eigenvalue weighted by atomic mass is 10.2. The van der Waals surface area contributed by atoms with Crippen molar-refractivity contribution in [2.24, 2.45) is 5.92 Å². The lowest BCUT2D eigenvalue weighted by molar-refractivity contribution is 0.214. The van der Waals surface area contributed by atoms with E-state index in [1.54, 1.807) is 12.1 Å². The highest BCUT2D eigenvalue weighted by atomic mass is 16.6. The summed E-state index contributed by atoms with van der Waals surface area (Å²) >= 11 is 0. The molecule has 0 N–H and O–H groups in total. The van der Waals surface area contributed by atoms with E-state index in [1.165, 1.54) is 6.07 Å². The highest BCUT2D eigenvalue weighted by Gasteiger charge is 2.05. The number of rotatable bonds is 3. The summed E-state index contributed by atoms with van der Waals surface area (Å²) in [6.45, 7) is 4.62. The van der Waals surface area contributed by atoms with Crippen LogP contribution in [0, 0.1) is 5.92 Å². The molecular formula is C13H14O3. The molecule has 1 aromatic heterocycles. The fourth-order valence-electron chi connectivity index (χ4n) is 1.40. The van der Waals surface area contributed by atoms with Gasteiger partial charge in [-0.15, -0.1) is 0 Å². The van der Waals surface area contributed by atoms with Gasteiger partial charge in [0.05, 0.1) is 18.1 Å². The third kappa shape index (κ3) is 2.24. The monoisotopic (exact) mass is 218 g/mol. The van der Waals surface area contributed by atoms with Crippen LogP contribution in [-0.4, -0.2) is 6.61 Å². The maximum atomic E-state index is 11.7. The van der Waals surface area contributed by atoms with Gasteiger partial charge in [-0.3, -0.25) is 4.79 Å². The van der Waals surface area contributed by atoms with Gasteiger partial charge >= 0.3 is 0 Å². The highest BCUT2D eigenvalue weighted by Crippen LogP contribution is 2.17. The molecule has 0 radical (unpaired) electrons. The Kier molecular flexibility index (Phi) is 2.95. The summed E-state index contributed by atoms with van der Waals surface area (Å²) in [5.41, 5.74) is 0.495. The molecule has 0 spiro atoms. The Hall–Kier alpha value is -1.77. The minimum Gasteiger partial charge on any atom is -0.465 e. The summed E-state index contributed by atoms with van der Waals surface area (Å²) < 4.78 is 10.9. The smallest absolute Gasteiger partial charge is 0.288 e. The molecule has 2 aromatic rings. The third-order valence-electron chi connectivity index (χ3n) is 2.17. The van der Waals surface area contributed by atoms with Gasteiger partial charge in [0.25, 0.3) is 5.95 Å². The summed E-state index contributed by atoms with van der Waals surface area (Å²) in [5.74, 6) is 0.689. The van der Waals surface area contributed by atoms with E-state index in [2.05, 4.69) is 0 Å². The van der Waals surface area contributed by atoms with E-state index in [0.29, 0.717) is 23.5 Å². The Morgan fingerprint density at radius 2 is 2.06 bits per heavy atom. The number of hydrogen-bond donors (Lipinski definition) is 0. The Morgan fingerprint density at radius 1 is 1.31 bits per heavy atom. The average Bonchev–Trinajstić information content (AvgIpc) is 2.26. The molecule has 3 heteroatoms. The maximum absolute atomic E-state index is 11.7. The van der Waals surface area contributed by atoms with Crippen LogP contribution in [0.15, 0.2) is 39.5 Å². The fourth-order valence-corrected chi connectivity index (χ4v) is 1.40. The standard InChI is InChI=1S/C13H14O3/c1-9(2)8-15-13-7-11(14)10-5-3-4-6-12(10)16-13/h3-7,9H,8H2,1-2H3. The van der Waals surface area contributed by atoms with E-state index in [9.17, 15) is 4.79 Å². The Labute approximate surface area is 93.7 Å². The molecule has 2 rings (SSSR count). The van der Waals surface area contributed by atoms with Crippen molar-refractivity contribution in [2.45, 2.75) is 13.8 Å². The van der Waals surface area contributed by atoms with Crippen LogP contribution >= 0.6 is 0 Å². The summed E-state index contributed by atoms with van der Waals surface area (Å²) in [4.78, 5) is 11.7. The van der Waals surface area contributed by atoms with Crippen LogP contribution in [0.4, 0.5) is 0 Å². The van der Waals surface area contributed by atoms with Crippen LogP contribution < -0.4 is 10.2 Å². The van der Waals surface area contributed by atoms with E-state index in [4.69, 9.17) is 9.15 Å². The zero-order valence-electron chi connectivity index (χ0n) is 9.40. The predicted octanol–water partition coefficient (Wildman–Crippen LogP) is 2.83. The Morgan fingerprint density at radius 3 is 2.81 bits per heavy atom. The zero-order chi connectivity index (χ0) is 11.5. The van der Waals surface area contributed by atoms with Crippen LogP contribution in [0.1, 0.15) is 13.8 Å². The molecule has 0 bridgehead atoms. The lowest BCUT2D eigenvalue weighted by Crippen LogP contribution is -2.07. The van der Waals surface area contributed by atoms with Crippen LogP contribution in [0.5, 0.6) is 5.95 Å². The highest BCUT2D eigenvalue weighted by molar-refractivity contribution is 5.76. The van der Waals surface area contributed by atoms with Crippen LogP contribution in [0.25, 0.3) is 11.0 Å². The second-order valence-electron chi connectivity index (χ2n) is 4.13. The Bertz CT molecular complexity index is 540. The number of benzene rings is 1. The van der Waals surface area contributed by atoms with Gasteiger partial charge in [0, 0.05) is 0 Å². The largest absolute Gasteiger partial charge is 0.465 e. The first-order valence-electron chi connectivity index (χ1n) is 5.32. The van der Waals surface area contributed by atoms with Gasteiger partial charge in [0.15, 0.2) is 5.43 Å². The molecule has 0 aliphatic carbocycles. The zero-order valence-corrected chi connectivity index (χ0v) is 9.40. The number of hydrogen-bond acceptors (Lipinski definition) is 3. The van der Waals surface area contributed by atoms with Gasteiger partial charge in [0.2, 0.25) is 0 Å². The average molecular weight is 218 g/mol. The Balaban J connectivity index is 2.38. The van der Waals surface area contributed by atoms with Crippen molar-refractivity contribution in [3.05, 3.63) is 40.6 Å². The molecule has 0 saturated carbocycles. The number of fused-ring (bicyclic) bond motifs is 1. The molecule has 16 heavy (non-hydrogen) atoms. The van der Waals surface area contributed by atoms with Gasteiger partial charge in [-0.05, 0) is 18.1 Å². The van der Waals surface area contributed by atoms with Gasteiger partial charge < -0.3 is 9.15 Å². The SMILES string of the molecule is CC(C)COc1cc(=O)c2ccccc2o1. The van der Waals surface area contributed by atoms with E-state index < -0.39 is 0 Å². The normalized spacial score (nSPS) is 10.9. The second kappa shape index (κ2) is 4.39. The van der Waals surface area contributed by atoms with E-state index in [-0.39, 0.29) is 11.4 Å². The topological polar surface area (TPSA) is 39.4 Å². The molecule has 0 aliphatic heterocycles. The molecule has 0 unspecified atom stereocenters. The quantitative estimate of drug-likeness (QED) is 0.795. The molecule has 0 fully saturated rings. The molecule has 1 heterocycles. The van der Waals surface area contributed by atoms with Gasteiger partial charge in [-0.2, -0.15) is 0 Å². The molecular weight excluding hydrogens is 204 g/mol. The molecule has 0 atom stereocenters. The van der Waals surface area contributed by atoms with Gasteiger partial charge in [-0.1, -0.05) is 26.0 Å².